The molecule has 5 nitrogen and oxygen atoms in total. The summed E-state index contributed by atoms with van der Waals surface area (Å²) in [7, 11) is 0. The van der Waals surface area contributed by atoms with Crippen molar-refractivity contribution in [3.05, 3.63) is 75.0 Å². The molecule has 1 aliphatic heterocycles. The molecule has 0 amide bonds. The lowest BCUT2D eigenvalue weighted by Crippen LogP contribution is -2.21. The maximum Gasteiger partial charge on any atom is 0.193 e. The van der Waals surface area contributed by atoms with Gasteiger partial charge in [-0.2, -0.15) is 5.10 Å². The summed E-state index contributed by atoms with van der Waals surface area (Å²) in [5.41, 5.74) is 0.851. The first-order valence-electron chi connectivity index (χ1n) is 8.35. The van der Waals surface area contributed by atoms with Crippen molar-refractivity contribution in [2.45, 2.75) is 30.3 Å². The van der Waals surface area contributed by atoms with E-state index in [1.165, 1.54) is 13.3 Å². The molecule has 1 saturated heterocycles. The number of carbonyl (C=O) groups is 1. The topological polar surface area (TPSA) is 60.3 Å². The predicted octanol–water partition coefficient (Wildman–Crippen LogP) is 5.54. The number of ether oxygens (including phenoxy) is 1. The Bertz CT molecular complexity index is 1060. The average Bonchev–Trinajstić information content (AvgIpc) is 3.18. The smallest absolute Gasteiger partial charge is 0.193 e. The van der Waals surface area contributed by atoms with E-state index in [4.69, 9.17) is 39.5 Å². The summed E-state index contributed by atoms with van der Waals surface area (Å²) in [5.74, 6) is 0. The Morgan fingerprint density at radius 1 is 1.21 bits per heavy atom. The van der Waals surface area contributed by atoms with Gasteiger partial charge in [-0.1, -0.05) is 59.1 Å². The number of thioether (sulfide) groups is 1. The van der Waals surface area contributed by atoms with E-state index < -0.39 is 5.60 Å². The van der Waals surface area contributed by atoms with Gasteiger partial charge in [0.25, 0.3) is 0 Å². The van der Waals surface area contributed by atoms with Crippen molar-refractivity contribution in [1.82, 2.24) is 14.8 Å². The van der Waals surface area contributed by atoms with E-state index in [9.17, 15) is 4.79 Å². The second kappa shape index (κ2) is 7.69. The van der Waals surface area contributed by atoms with Crippen LogP contribution in [-0.2, 0) is 21.7 Å². The van der Waals surface area contributed by atoms with E-state index >= 15 is 0 Å². The van der Waals surface area contributed by atoms with Gasteiger partial charge in [-0.3, -0.25) is 4.79 Å². The Balaban J connectivity index is 1.76. The molecule has 0 unspecified atom stereocenters. The molecule has 0 radical (unpaired) electrons. The molecule has 1 aliphatic rings. The van der Waals surface area contributed by atoms with Crippen molar-refractivity contribution >= 4 is 51.7 Å². The van der Waals surface area contributed by atoms with Gasteiger partial charge >= 0.3 is 0 Å². The number of carbonyl (C=O) groups excluding carboxylic acids is 1. The summed E-state index contributed by atoms with van der Waals surface area (Å²) in [6, 6.07) is 12.8. The molecule has 0 bridgehead atoms. The molecule has 2 aromatic carbocycles. The van der Waals surface area contributed by atoms with Crippen LogP contribution in [0.4, 0.5) is 0 Å². The van der Waals surface area contributed by atoms with Crippen LogP contribution in [0, 0.1) is 0 Å². The van der Waals surface area contributed by atoms with Crippen LogP contribution in [0.1, 0.15) is 24.2 Å². The van der Waals surface area contributed by atoms with Crippen molar-refractivity contribution in [3.8, 4) is 0 Å². The highest BCUT2D eigenvalue weighted by molar-refractivity contribution is 8.13. The second-order valence-electron chi connectivity index (χ2n) is 6.33. The maximum absolute atomic E-state index is 11.5. The zero-order valence-electron chi connectivity index (χ0n) is 14.6. The fourth-order valence-corrected chi connectivity index (χ4v) is 4.59. The molecule has 9 heteroatoms. The van der Waals surface area contributed by atoms with Gasteiger partial charge in [0.2, 0.25) is 0 Å². The first kappa shape index (κ1) is 19.7. The number of halogens is 3. The molecule has 0 aliphatic carbocycles. The monoisotopic (exact) mass is 453 g/mol. The predicted molar refractivity (Wildman–Crippen MR) is 110 cm³/mol. The highest BCUT2D eigenvalue weighted by atomic mass is 35.5. The molecule has 4 rings (SSSR count). The van der Waals surface area contributed by atoms with E-state index in [-0.39, 0.29) is 11.2 Å². The molecule has 3 aromatic rings. The van der Waals surface area contributed by atoms with Gasteiger partial charge in [-0.15, -0.1) is 0 Å². The molecule has 2 atom stereocenters. The van der Waals surface area contributed by atoms with Crippen LogP contribution in [0.2, 0.25) is 15.1 Å². The summed E-state index contributed by atoms with van der Waals surface area (Å²) in [5, 5.41) is 6.34. The van der Waals surface area contributed by atoms with Gasteiger partial charge in [0.15, 0.2) is 10.3 Å². The summed E-state index contributed by atoms with van der Waals surface area (Å²) in [6.45, 7) is 1.81. The Hall–Kier alpha value is -1.57. The van der Waals surface area contributed by atoms with Gasteiger partial charge in [0, 0.05) is 33.1 Å². The number of nitrogens with zero attached hydrogens (tertiary/aromatic N) is 3. The molecule has 1 fully saturated rings. The van der Waals surface area contributed by atoms with Gasteiger partial charge in [0.1, 0.15) is 18.0 Å². The minimum atomic E-state index is -0.782. The Labute approximate surface area is 180 Å². The molecule has 0 saturated carbocycles. The minimum absolute atomic E-state index is 0.0740. The zero-order valence-corrected chi connectivity index (χ0v) is 17.7. The first-order valence-corrected chi connectivity index (χ1v) is 10.3. The normalized spacial score (nSPS) is 20.9. The van der Waals surface area contributed by atoms with Crippen molar-refractivity contribution in [1.29, 1.82) is 0 Å². The minimum Gasteiger partial charge on any atom is -0.354 e. The lowest BCUT2D eigenvalue weighted by atomic mass is 9.91. The number of rotatable bonds is 5. The third-order valence-corrected chi connectivity index (χ3v) is 6.15. The lowest BCUT2D eigenvalue weighted by molar-refractivity contribution is -0.109. The van der Waals surface area contributed by atoms with Crippen LogP contribution < -0.4 is 0 Å². The maximum atomic E-state index is 11.5. The van der Waals surface area contributed by atoms with Gasteiger partial charge in [0.05, 0.1) is 6.54 Å². The summed E-state index contributed by atoms with van der Waals surface area (Å²) < 4.78 is 7.87. The van der Waals surface area contributed by atoms with Crippen molar-refractivity contribution in [2.75, 3.05) is 0 Å². The Morgan fingerprint density at radius 2 is 2.00 bits per heavy atom. The first-order chi connectivity index (χ1) is 13.4. The molecular weight excluding hydrogens is 441 g/mol. The van der Waals surface area contributed by atoms with E-state index in [1.54, 1.807) is 16.8 Å². The second-order valence-corrected chi connectivity index (χ2v) is 8.72. The van der Waals surface area contributed by atoms with Gasteiger partial charge in [-0.05, 0) is 30.0 Å². The average molecular weight is 455 g/mol. The number of hydrogen-bond donors (Lipinski definition) is 0. The molecule has 144 valence electrons. The van der Waals surface area contributed by atoms with Crippen molar-refractivity contribution < 1.29 is 9.53 Å². The van der Waals surface area contributed by atoms with Gasteiger partial charge in [-0.25, -0.2) is 9.67 Å². The number of benzene rings is 2. The van der Waals surface area contributed by atoms with Crippen LogP contribution in [-0.4, -0.2) is 19.9 Å². The number of hydrogen-bond acceptors (Lipinski definition) is 5. The molecule has 0 N–H and O–H groups in total. The van der Waals surface area contributed by atoms with Crippen LogP contribution in [0.5, 0.6) is 0 Å². The van der Waals surface area contributed by atoms with Crippen LogP contribution >= 0.6 is 46.6 Å². The van der Waals surface area contributed by atoms with E-state index in [1.807, 2.05) is 30.3 Å². The zero-order chi connectivity index (χ0) is 19.9. The summed E-state index contributed by atoms with van der Waals surface area (Å²) in [4.78, 5) is 15.7. The fourth-order valence-electron chi connectivity index (χ4n) is 3.21. The van der Waals surface area contributed by atoms with E-state index in [2.05, 4.69) is 10.1 Å². The standard InChI is InChI=1S/C19H14Cl3N3O2S/c1-11(26)28-18-23-10-24-25(18)9-19(14-4-2-3-5-15(14)21)17(27-19)13-7-6-12(20)8-16(13)22/h2-8,10,17H,9H2,1H3/t17-,19-/m1/s1. The molecular formula is C19H14Cl3N3O2S. The summed E-state index contributed by atoms with van der Waals surface area (Å²) >= 11 is 20.0. The van der Waals surface area contributed by atoms with Crippen LogP contribution in [0.25, 0.3) is 0 Å². The van der Waals surface area contributed by atoms with Crippen molar-refractivity contribution in [3.63, 3.8) is 0 Å². The van der Waals surface area contributed by atoms with Crippen LogP contribution in [0.3, 0.4) is 0 Å². The Kier molecular flexibility index (Phi) is 5.42. The molecule has 2 heterocycles. The largest absolute Gasteiger partial charge is 0.354 e. The van der Waals surface area contributed by atoms with Crippen molar-refractivity contribution in [2.24, 2.45) is 0 Å². The SMILES string of the molecule is CC(=O)Sc1ncnn1C[C@]1(c2ccccc2Cl)O[C@@H]1c1ccc(Cl)cc1Cl. The highest BCUT2D eigenvalue weighted by Gasteiger charge is 2.60. The third-order valence-electron chi connectivity index (χ3n) is 4.47. The lowest BCUT2D eigenvalue weighted by Gasteiger charge is -2.17. The quantitative estimate of drug-likeness (QED) is 0.374. The molecule has 1 aromatic heterocycles. The highest BCUT2D eigenvalue weighted by Crippen LogP contribution is 2.60. The fraction of sp³-hybridized carbons (Fsp3) is 0.211. The van der Waals surface area contributed by atoms with Gasteiger partial charge < -0.3 is 4.74 Å². The molecule has 0 spiro atoms. The molecule has 28 heavy (non-hydrogen) atoms. The summed E-state index contributed by atoms with van der Waals surface area (Å²) in [6.07, 6.45) is 1.08. The Morgan fingerprint density at radius 3 is 2.71 bits per heavy atom. The van der Waals surface area contributed by atoms with Crippen LogP contribution in [0.15, 0.2) is 53.9 Å². The number of aromatic nitrogens is 3. The van der Waals surface area contributed by atoms with E-state index in [0.29, 0.717) is 26.8 Å². The third kappa shape index (κ3) is 3.67. The van der Waals surface area contributed by atoms with E-state index in [0.717, 1.165) is 22.9 Å². The number of epoxide rings is 1.